The SMILES string of the molecule is Cc1ccc(S(=O)(=O)Nc2ccccc2CCc2ccc(C(=O)O)cc2)c(C)c1. The molecule has 29 heavy (non-hydrogen) atoms. The summed E-state index contributed by atoms with van der Waals surface area (Å²) in [5.41, 5.74) is 4.37. The van der Waals surface area contributed by atoms with Gasteiger partial charge in [0.25, 0.3) is 10.0 Å². The molecule has 0 unspecified atom stereocenters. The van der Waals surface area contributed by atoms with Crippen LogP contribution < -0.4 is 4.72 Å². The quantitative estimate of drug-likeness (QED) is 0.598. The van der Waals surface area contributed by atoms with Gasteiger partial charge in [-0.3, -0.25) is 4.72 Å². The molecule has 0 fully saturated rings. The first-order valence-electron chi connectivity index (χ1n) is 9.26. The van der Waals surface area contributed by atoms with Gasteiger partial charge < -0.3 is 5.11 Å². The van der Waals surface area contributed by atoms with E-state index < -0.39 is 16.0 Å². The van der Waals surface area contributed by atoms with Gasteiger partial charge in [-0.05, 0) is 67.6 Å². The molecule has 0 saturated carbocycles. The molecule has 3 aromatic carbocycles. The number of sulfonamides is 1. The van der Waals surface area contributed by atoms with Crippen LogP contribution in [0.2, 0.25) is 0 Å². The molecule has 3 rings (SSSR count). The summed E-state index contributed by atoms with van der Waals surface area (Å²) in [4.78, 5) is 11.2. The van der Waals surface area contributed by atoms with Crippen molar-refractivity contribution in [3.8, 4) is 0 Å². The summed E-state index contributed by atoms with van der Waals surface area (Å²) in [7, 11) is -3.70. The second-order valence-electron chi connectivity index (χ2n) is 7.03. The number of carboxylic acid groups (broad SMARTS) is 1. The standard InChI is InChI=1S/C23H23NO4S/c1-16-7-14-22(17(2)15-16)29(27,28)24-21-6-4-3-5-19(21)11-8-18-9-12-20(13-10-18)23(25)26/h3-7,9-10,12-15,24H,8,11H2,1-2H3,(H,25,26). The first-order valence-corrected chi connectivity index (χ1v) is 10.7. The van der Waals surface area contributed by atoms with E-state index in [9.17, 15) is 13.2 Å². The van der Waals surface area contributed by atoms with Crippen molar-refractivity contribution in [2.24, 2.45) is 0 Å². The lowest BCUT2D eigenvalue weighted by molar-refractivity contribution is 0.0697. The Morgan fingerprint density at radius 3 is 2.28 bits per heavy atom. The number of carbonyl (C=O) groups is 1. The predicted octanol–water partition coefficient (Wildman–Crippen LogP) is 4.59. The van der Waals surface area contributed by atoms with Crippen molar-refractivity contribution >= 4 is 21.7 Å². The van der Waals surface area contributed by atoms with E-state index in [1.54, 1.807) is 55.5 Å². The second-order valence-corrected chi connectivity index (χ2v) is 8.68. The Balaban J connectivity index is 1.79. The van der Waals surface area contributed by atoms with Crippen LogP contribution in [0, 0.1) is 13.8 Å². The zero-order valence-corrected chi connectivity index (χ0v) is 17.2. The number of aryl methyl sites for hydroxylation is 4. The van der Waals surface area contributed by atoms with Gasteiger partial charge in [0, 0.05) is 0 Å². The number of benzene rings is 3. The number of hydrogen-bond donors (Lipinski definition) is 2. The van der Waals surface area contributed by atoms with Crippen LogP contribution in [0.5, 0.6) is 0 Å². The molecular weight excluding hydrogens is 386 g/mol. The Bertz CT molecular complexity index is 1140. The summed E-state index contributed by atoms with van der Waals surface area (Å²) < 4.78 is 28.5. The molecule has 6 heteroatoms. The number of carboxylic acids is 1. The molecule has 0 aliphatic carbocycles. The van der Waals surface area contributed by atoms with E-state index in [4.69, 9.17) is 5.11 Å². The van der Waals surface area contributed by atoms with Crippen molar-refractivity contribution in [3.05, 3.63) is 94.5 Å². The second kappa shape index (κ2) is 8.49. The molecule has 0 spiro atoms. The highest BCUT2D eigenvalue weighted by Crippen LogP contribution is 2.24. The van der Waals surface area contributed by atoms with Gasteiger partial charge in [-0.15, -0.1) is 0 Å². The van der Waals surface area contributed by atoms with Gasteiger partial charge in [-0.2, -0.15) is 0 Å². The van der Waals surface area contributed by atoms with E-state index >= 15 is 0 Å². The van der Waals surface area contributed by atoms with Crippen LogP contribution in [0.1, 0.15) is 32.6 Å². The minimum Gasteiger partial charge on any atom is -0.478 e. The van der Waals surface area contributed by atoms with Crippen molar-refractivity contribution in [2.45, 2.75) is 31.6 Å². The summed E-state index contributed by atoms with van der Waals surface area (Å²) in [6.07, 6.45) is 1.29. The number of aromatic carboxylic acids is 1. The van der Waals surface area contributed by atoms with Crippen molar-refractivity contribution < 1.29 is 18.3 Å². The van der Waals surface area contributed by atoms with Gasteiger partial charge in [0.15, 0.2) is 0 Å². The maximum atomic E-state index is 12.9. The molecule has 0 heterocycles. The molecular formula is C23H23NO4S. The van der Waals surface area contributed by atoms with Crippen LogP contribution in [-0.2, 0) is 22.9 Å². The lowest BCUT2D eigenvalue weighted by atomic mass is 10.0. The predicted molar refractivity (Wildman–Crippen MR) is 114 cm³/mol. The Morgan fingerprint density at radius 2 is 1.62 bits per heavy atom. The monoisotopic (exact) mass is 409 g/mol. The summed E-state index contributed by atoms with van der Waals surface area (Å²) >= 11 is 0. The molecule has 0 amide bonds. The van der Waals surface area contributed by atoms with Crippen molar-refractivity contribution in [1.29, 1.82) is 0 Å². The molecule has 0 saturated heterocycles. The lowest BCUT2D eigenvalue weighted by Gasteiger charge is -2.14. The van der Waals surface area contributed by atoms with Crippen molar-refractivity contribution in [2.75, 3.05) is 4.72 Å². The Labute approximate surface area is 171 Å². The van der Waals surface area contributed by atoms with Crippen LogP contribution in [0.25, 0.3) is 0 Å². The first kappa shape index (κ1) is 20.6. The number of nitrogens with one attached hydrogen (secondary N) is 1. The molecule has 0 aliphatic rings. The van der Waals surface area contributed by atoms with Crippen molar-refractivity contribution in [3.63, 3.8) is 0 Å². The lowest BCUT2D eigenvalue weighted by Crippen LogP contribution is -2.15. The van der Waals surface area contributed by atoms with E-state index in [1.807, 2.05) is 25.1 Å². The smallest absolute Gasteiger partial charge is 0.335 e. The highest BCUT2D eigenvalue weighted by atomic mass is 32.2. The molecule has 0 atom stereocenters. The zero-order valence-electron chi connectivity index (χ0n) is 16.3. The van der Waals surface area contributed by atoms with E-state index in [-0.39, 0.29) is 10.5 Å². The molecule has 3 aromatic rings. The summed E-state index contributed by atoms with van der Waals surface area (Å²) in [6.45, 7) is 3.71. The molecule has 2 N–H and O–H groups in total. The van der Waals surface area contributed by atoms with Gasteiger partial charge in [0.05, 0.1) is 16.1 Å². The maximum absolute atomic E-state index is 12.9. The highest BCUT2D eigenvalue weighted by molar-refractivity contribution is 7.92. The fourth-order valence-corrected chi connectivity index (χ4v) is 4.56. The number of anilines is 1. The van der Waals surface area contributed by atoms with E-state index in [0.717, 1.165) is 16.7 Å². The molecule has 0 bridgehead atoms. The van der Waals surface area contributed by atoms with E-state index in [1.165, 1.54) is 0 Å². The molecule has 0 aliphatic heterocycles. The van der Waals surface area contributed by atoms with Gasteiger partial charge >= 0.3 is 5.97 Å². The van der Waals surface area contributed by atoms with E-state index in [0.29, 0.717) is 24.1 Å². The highest BCUT2D eigenvalue weighted by Gasteiger charge is 2.18. The van der Waals surface area contributed by atoms with Gasteiger partial charge in [0.2, 0.25) is 0 Å². The molecule has 0 radical (unpaired) electrons. The Hall–Kier alpha value is -3.12. The van der Waals surface area contributed by atoms with Gasteiger partial charge in [-0.1, -0.05) is 48.0 Å². The maximum Gasteiger partial charge on any atom is 0.335 e. The van der Waals surface area contributed by atoms with Gasteiger partial charge in [0.1, 0.15) is 0 Å². The normalized spacial score (nSPS) is 11.2. The van der Waals surface area contributed by atoms with E-state index in [2.05, 4.69) is 4.72 Å². The summed E-state index contributed by atoms with van der Waals surface area (Å²) in [5.74, 6) is -0.956. The van der Waals surface area contributed by atoms with Gasteiger partial charge in [-0.25, -0.2) is 13.2 Å². The van der Waals surface area contributed by atoms with Crippen LogP contribution >= 0.6 is 0 Å². The average Bonchev–Trinajstić information content (AvgIpc) is 2.67. The largest absolute Gasteiger partial charge is 0.478 e. The number of rotatable bonds is 7. The minimum absolute atomic E-state index is 0.246. The number of para-hydroxylation sites is 1. The zero-order chi connectivity index (χ0) is 21.0. The Morgan fingerprint density at radius 1 is 0.931 bits per heavy atom. The third kappa shape index (κ3) is 5.03. The fraction of sp³-hybridized carbons (Fsp3) is 0.174. The minimum atomic E-state index is -3.70. The molecule has 150 valence electrons. The molecule has 0 aromatic heterocycles. The summed E-state index contributed by atoms with van der Waals surface area (Å²) in [5, 5.41) is 8.99. The van der Waals surface area contributed by atoms with Crippen molar-refractivity contribution in [1.82, 2.24) is 0 Å². The number of hydrogen-bond acceptors (Lipinski definition) is 3. The average molecular weight is 410 g/mol. The fourth-order valence-electron chi connectivity index (χ4n) is 3.23. The summed E-state index contributed by atoms with van der Waals surface area (Å²) in [6, 6.07) is 19.3. The Kier molecular flexibility index (Phi) is 6.03. The molecule has 5 nitrogen and oxygen atoms in total. The van der Waals surface area contributed by atoms with Crippen LogP contribution in [0.15, 0.2) is 71.6 Å². The third-order valence-electron chi connectivity index (χ3n) is 4.77. The topological polar surface area (TPSA) is 83.5 Å². The first-order chi connectivity index (χ1) is 13.8. The van der Waals surface area contributed by atoms with Crippen LogP contribution in [0.4, 0.5) is 5.69 Å². The van der Waals surface area contributed by atoms with Crippen LogP contribution in [-0.4, -0.2) is 19.5 Å². The van der Waals surface area contributed by atoms with Crippen LogP contribution in [0.3, 0.4) is 0 Å². The third-order valence-corrected chi connectivity index (χ3v) is 6.29.